The largest absolute Gasteiger partial charge is 0.387 e. The van der Waals surface area contributed by atoms with Gasteiger partial charge in [0.25, 0.3) is 0 Å². The summed E-state index contributed by atoms with van der Waals surface area (Å²) >= 11 is 0. The molecule has 1 aliphatic heterocycles. The first-order chi connectivity index (χ1) is 9.18. The van der Waals surface area contributed by atoms with Crippen LogP contribution in [0.25, 0.3) is 0 Å². The summed E-state index contributed by atoms with van der Waals surface area (Å²) in [5, 5.41) is 10.7. The van der Waals surface area contributed by atoms with Crippen LogP contribution in [0.5, 0.6) is 0 Å². The highest BCUT2D eigenvalue weighted by Crippen LogP contribution is 2.40. The zero-order valence-electron chi connectivity index (χ0n) is 11.7. The van der Waals surface area contributed by atoms with E-state index in [4.69, 9.17) is 4.74 Å². The summed E-state index contributed by atoms with van der Waals surface area (Å²) in [7, 11) is 0. The third kappa shape index (κ3) is 2.31. The van der Waals surface area contributed by atoms with Crippen molar-refractivity contribution in [2.45, 2.75) is 44.4 Å². The molecule has 1 aliphatic carbocycles. The molecule has 1 fully saturated rings. The van der Waals surface area contributed by atoms with Crippen molar-refractivity contribution < 1.29 is 9.84 Å². The predicted octanol–water partition coefficient (Wildman–Crippen LogP) is 2.32. The summed E-state index contributed by atoms with van der Waals surface area (Å²) in [6, 6.07) is 8.95. The van der Waals surface area contributed by atoms with Gasteiger partial charge in [0.05, 0.1) is 19.3 Å². The highest BCUT2D eigenvalue weighted by molar-refractivity contribution is 5.35. The first-order valence-electron chi connectivity index (χ1n) is 7.29. The van der Waals surface area contributed by atoms with Crippen molar-refractivity contribution in [1.29, 1.82) is 0 Å². The maximum atomic E-state index is 10.7. The highest BCUT2D eigenvalue weighted by atomic mass is 16.5. The van der Waals surface area contributed by atoms with E-state index in [0.717, 1.165) is 31.7 Å². The van der Waals surface area contributed by atoms with E-state index in [1.165, 1.54) is 5.56 Å². The van der Waals surface area contributed by atoms with E-state index in [1.54, 1.807) is 0 Å². The van der Waals surface area contributed by atoms with Crippen molar-refractivity contribution in [1.82, 2.24) is 4.90 Å². The molecule has 1 aromatic carbocycles. The van der Waals surface area contributed by atoms with Gasteiger partial charge in [0.2, 0.25) is 0 Å². The van der Waals surface area contributed by atoms with E-state index in [-0.39, 0.29) is 12.1 Å². The molecule has 0 bridgehead atoms. The standard InChI is InChI=1S/C16H23NO2/c1-11-9-15(17-7-8-19-10-12(17)2)16(18)14-6-4-3-5-13(11)14/h3-6,11-12,15-16,18H,7-10H2,1-2H3. The second kappa shape index (κ2) is 5.23. The first kappa shape index (κ1) is 13.1. The summed E-state index contributed by atoms with van der Waals surface area (Å²) in [6.45, 7) is 6.94. The number of rotatable bonds is 1. The van der Waals surface area contributed by atoms with Crippen LogP contribution in [0, 0.1) is 0 Å². The molecule has 1 aromatic rings. The Bertz CT molecular complexity index is 448. The Kier molecular flexibility index (Phi) is 3.61. The second-order valence-electron chi connectivity index (χ2n) is 5.94. The van der Waals surface area contributed by atoms with Crippen LogP contribution in [0.3, 0.4) is 0 Å². The molecule has 104 valence electrons. The Balaban J connectivity index is 1.89. The van der Waals surface area contributed by atoms with Crippen LogP contribution in [0.1, 0.15) is 43.4 Å². The molecule has 2 aliphatic rings. The lowest BCUT2D eigenvalue weighted by atomic mass is 9.78. The van der Waals surface area contributed by atoms with E-state index >= 15 is 0 Å². The number of benzene rings is 1. The highest BCUT2D eigenvalue weighted by Gasteiger charge is 2.37. The Labute approximate surface area is 115 Å². The fraction of sp³-hybridized carbons (Fsp3) is 0.625. The van der Waals surface area contributed by atoms with Crippen molar-refractivity contribution in [3.8, 4) is 0 Å². The molecule has 4 unspecified atom stereocenters. The molecule has 19 heavy (non-hydrogen) atoms. The van der Waals surface area contributed by atoms with E-state index in [9.17, 15) is 5.11 Å². The van der Waals surface area contributed by atoms with E-state index in [2.05, 4.69) is 36.9 Å². The van der Waals surface area contributed by atoms with Gasteiger partial charge in [0.1, 0.15) is 0 Å². The van der Waals surface area contributed by atoms with E-state index in [0.29, 0.717) is 12.0 Å². The molecule has 1 saturated heterocycles. The van der Waals surface area contributed by atoms with Crippen LogP contribution < -0.4 is 0 Å². The van der Waals surface area contributed by atoms with Gasteiger partial charge >= 0.3 is 0 Å². The predicted molar refractivity (Wildman–Crippen MR) is 75.2 cm³/mol. The number of hydrogen-bond acceptors (Lipinski definition) is 3. The van der Waals surface area contributed by atoms with Gasteiger partial charge in [-0.05, 0) is 30.4 Å². The number of aliphatic hydroxyl groups is 1. The molecule has 0 aromatic heterocycles. The summed E-state index contributed by atoms with van der Waals surface area (Å²) in [5.41, 5.74) is 2.43. The van der Waals surface area contributed by atoms with Crippen LogP contribution in [-0.4, -0.2) is 41.8 Å². The maximum Gasteiger partial charge on any atom is 0.0948 e. The average Bonchev–Trinajstić information content (AvgIpc) is 2.44. The first-order valence-corrected chi connectivity index (χ1v) is 7.29. The van der Waals surface area contributed by atoms with Crippen molar-refractivity contribution >= 4 is 0 Å². The van der Waals surface area contributed by atoms with Crippen LogP contribution >= 0.6 is 0 Å². The van der Waals surface area contributed by atoms with Gasteiger partial charge in [-0.2, -0.15) is 0 Å². The van der Waals surface area contributed by atoms with Crippen molar-refractivity contribution in [3.63, 3.8) is 0 Å². The van der Waals surface area contributed by atoms with Crippen LogP contribution in [-0.2, 0) is 4.74 Å². The van der Waals surface area contributed by atoms with Crippen molar-refractivity contribution in [2.24, 2.45) is 0 Å². The maximum absolute atomic E-state index is 10.7. The molecule has 4 atom stereocenters. The van der Waals surface area contributed by atoms with Crippen LogP contribution in [0.15, 0.2) is 24.3 Å². The zero-order chi connectivity index (χ0) is 13.4. The second-order valence-corrected chi connectivity index (χ2v) is 5.94. The summed E-state index contributed by atoms with van der Waals surface area (Å²) in [6.07, 6.45) is 0.663. The van der Waals surface area contributed by atoms with Gasteiger partial charge in [0, 0.05) is 18.6 Å². The molecule has 0 amide bonds. The number of hydrogen-bond donors (Lipinski definition) is 1. The molecule has 3 rings (SSSR count). The lowest BCUT2D eigenvalue weighted by molar-refractivity contribution is -0.0614. The molecule has 1 heterocycles. The number of nitrogens with zero attached hydrogens (tertiary/aromatic N) is 1. The summed E-state index contributed by atoms with van der Waals surface area (Å²) < 4.78 is 5.51. The average molecular weight is 261 g/mol. The van der Waals surface area contributed by atoms with Gasteiger partial charge in [-0.25, -0.2) is 0 Å². The van der Waals surface area contributed by atoms with Crippen molar-refractivity contribution in [3.05, 3.63) is 35.4 Å². The molecule has 0 radical (unpaired) electrons. The molecule has 0 saturated carbocycles. The minimum Gasteiger partial charge on any atom is -0.387 e. The minimum absolute atomic E-state index is 0.226. The Morgan fingerprint density at radius 3 is 2.68 bits per heavy atom. The van der Waals surface area contributed by atoms with Gasteiger partial charge in [-0.15, -0.1) is 0 Å². The van der Waals surface area contributed by atoms with Crippen molar-refractivity contribution in [2.75, 3.05) is 19.8 Å². The van der Waals surface area contributed by atoms with Gasteiger partial charge < -0.3 is 9.84 Å². The molecule has 1 N–H and O–H groups in total. The quantitative estimate of drug-likeness (QED) is 0.842. The minimum atomic E-state index is -0.368. The summed E-state index contributed by atoms with van der Waals surface area (Å²) in [4.78, 5) is 2.43. The Morgan fingerprint density at radius 1 is 1.21 bits per heavy atom. The summed E-state index contributed by atoms with van der Waals surface area (Å²) in [5.74, 6) is 0.514. The fourth-order valence-corrected chi connectivity index (χ4v) is 3.60. The molecule has 3 heteroatoms. The smallest absolute Gasteiger partial charge is 0.0948 e. The molecule has 0 spiro atoms. The fourth-order valence-electron chi connectivity index (χ4n) is 3.60. The van der Waals surface area contributed by atoms with Crippen LogP contribution in [0.2, 0.25) is 0 Å². The number of fused-ring (bicyclic) bond motifs is 1. The normalized spacial score (nSPS) is 35.9. The molecule has 3 nitrogen and oxygen atoms in total. The van der Waals surface area contributed by atoms with E-state index < -0.39 is 0 Å². The SMILES string of the molecule is CC1CC(N2CCOCC2C)C(O)c2ccccc21. The lowest BCUT2D eigenvalue weighted by Gasteiger charge is -2.45. The topological polar surface area (TPSA) is 32.7 Å². The zero-order valence-corrected chi connectivity index (χ0v) is 11.7. The van der Waals surface area contributed by atoms with E-state index in [1.807, 2.05) is 6.07 Å². The number of ether oxygens (including phenoxy) is 1. The number of aliphatic hydroxyl groups excluding tert-OH is 1. The molecular formula is C16H23NO2. The molecular weight excluding hydrogens is 238 g/mol. The Morgan fingerprint density at radius 2 is 1.95 bits per heavy atom. The van der Waals surface area contributed by atoms with Crippen LogP contribution in [0.4, 0.5) is 0 Å². The third-order valence-electron chi connectivity index (χ3n) is 4.65. The Hall–Kier alpha value is -0.900. The van der Waals surface area contributed by atoms with Gasteiger partial charge in [-0.1, -0.05) is 31.2 Å². The third-order valence-corrected chi connectivity index (χ3v) is 4.65. The lowest BCUT2D eigenvalue weighted by Crippen LogP contribution is -2.52. The van der Waals surface area contributed by atoms with Gasteiger partial charge in [0.15, 0.2) is 0 Å². The monoisotopic (exact) mass is 261 g/mol. The van der Waals surface area contributed by atoms with Gasteiger partial charge in [-0.3, -0.25) is 4.90 Å². The number of morpholine rings is 1.